The van der Waals surface area contributed by atoms with E-state index in [-0.39, 0.29) is 11.9 Å². The molecule has 108 valence electrons. The van der Waals surface area contributed by atoms with Gasteiger partial charge in [0.15, 0.2) is 0 Å². The van der Waals surface area contributed by atoms with Crippen LogP contribution in [0, 0.1) is 6.92 Å². The lowest BCUT2D eigenvalue weighted by molar-refractivity contribution is 0.102. The zero-order chi connectivity index (χ0) is 14.7. The number of amides is 1. The molecule has 0 aromatic carbocycles. The van der Waals surface area contributed by atoms with Crippen LogP contribution >= 0.6 is 0 Å². The molecule has 2 aromatic heterocycles. The lowest BCUT2D eigenvalue weighted by atomic mass is 10.1. The maximum atomic E-state index is 12.2. The van der Waals surface area contributed by atoms with Gasteiger partial charge in [-0.15, -0.1) is 0 Å². The number of carbonyl (C=O) groups is 1. The second-order valence-corrected chi connectivity index (χ2v) is 5.15. The van der Waals surface area contributed by atoms with Crippen molar-refractivity contribution in [1.82, 2.24) is 20.3 Å². The fourth-order valence-corrected chi connectivity index (χ4v) is 2.38. The van der Waals surface area contributed by atoms with Crippen LogP contribution in [0.1, 0.15) is 40.6 Å². The minimum absolute atomic E-state index is 0.197. The van der Waals surface area contributed by atoms with E-state index in [4.69, 9.17) is 0 Å². The van der Waals surface area contributed by atoms with Crippen LogP contribution in [0.4, 0.5) is 5.82 Å². The van der Waals surface area contributed by atoms with Gasteiger partial charge < -0.3 is 10.6 Å². The molecule has 0 radical (unpaired) electrons. The van der Waals surface area contributed by atoms with Crippen LogP contribution in [0.5, 0.6) is 0 Å². The van der Waals surface area contributed by atoms with E-state index in [1.54, 1.807) is 12.4 Å². The maximum absolute atomic E-state index is 12.2. The third-order valence-electron chi connectivity index (χ3n) is 3.46. The second-order valence-electron chi connectivity index (χ2n) is 5.15. The Bertz CT molecular complexity index is 652. The molecule has 0 bridgehead atoms. The third-order valence-corrected chi connectivity index (χ3v) is 3.46. The molecule has 1 fully saturated rings. The van der Waals surface area contributed by atoms with Crippen molar-refractivity contribution in [3.63, 3.8) is 0 Å². The molecule has 21 heavy (non-hydrogen) atoms. The number of hydrogen-bond donors (Lipinski definition) is 2. The lowest BCUT2D eigenvalue weighted by Crippen LogP contribution is -2.19. The van der Waals surface area contributed by atoms with Crippen molar-refractivity contribution in [1.29, 1.82) is 0 Å². The van der Waals surface area contributed by atoms with Gasteiger partial charge >= 0.3 is 0 Å². The first-order valence-electron chi connectivity index (χ1n) is 7.02. The molecule has 0 spiro atoms. The summed E-state index contributed by atoms with van der Waals surface area (Å²) in [5.41, 5.74) is 2.16. The standard InChI is InChI=1S/C15H17N5O/c1-10-4-6-18-14(7-10)20-15(21)13-9-16-8-12(19-13)11-3-2-5-17-11/h4,6-9,11,17H,2-3,5H2,1H3,(H,18,20,21)/t11-/m0/s1. The van der Waals surface area contributed by atoms with Gasteiger partial charge in [0, 0.05) is 6.20 Å². The molecule has 3 rings (SSSR count). The van der Waals surface area contributed by atoms with E-state index in [1.807, 2.05) is 19.1 Å². The summed E-state index contributed by atoms with van der Waals surface area (Å²) >= 11 is 0. The van der Waals surface area contributed by atoms with E-state index >= 15 is 0 Å². The summed E-state index contributed by atoms with van der Waals surface area (Å²) in [6.07, 6.45) is 7.00. The van der Waals surface area contributed by atoms with Crippen molar-refractivity contribution in [3.05, 3.63) is 47.7 Å². The molecule has 1 amide bonds. The van der Waals surface area contributed by atoms with Crippen molar-refractivity contribution < 1.29 is 4.79 Å². The topological polar surface area (TPSA) is 79.8 Å². The van der Waals surface area contributed by atoms with Gasteiger partial charge in [0.2, 0.25) is 0 Å². The molecule has 3 heterocycles. The SMILES string of the molecule is Cc1ccnc(NC(=O)c2cncc([C@@H]3CCCN3)n2)c1. The summed E-state index contributed by atoms with van der Waals surface area (Å²) in [7, 11) is 0. The van der Waals surface area contributed by atoms with Crippen molar-refractivity contribution in [3.8, 4) is 0 Å². The van der Waals surface area contributed by atoms with Crippen LogP contribution in [0.25, 0.3) is 0 Å². The first-order valence-corrected chi connectivity index (χ1v) is 7.02. The molecular weight excluding hydrogens is 266 g/mol. The van der Waals surface area contributed by atoms with Crippen LogP contribution < -0.4 is 10.6 Å². The van der Waals surface area contributed by atoms with Crippen molar-refractivity contribution in [2.24, 2.45) is 0 Å². The summed E-state index contributed by atoms with van der Waals surface area (Å²) in [5.74, 6) is 0.228. The summed E-state index contributed by atoms with van der Waals surface area (Å²) < 4.78 is 0. The van der Waals surface area contributed by atoms with Gasteiger partial charge in [0.25, 0.3) is 5.91 Å². The number of rotatable bonds is 3. The predicted molar refractivity (Wildman–Crippen MR) is 78.9 cm³/mol. The summed E-state index contributed by atoms with van der Waals surface area (Å²) in [4.78, 5) is 24.9. The zero-order valence-corrected chi connectivity index (χ0v) is 11.8. The second kappa shape index (κ2) is 5.97. The molecule has 1 atom stereocenters. The minimum Gasteiger partial charge on any atom is -0.309 e. The molecule has 6 nitrogen and oxygen atoms in total. The lowest BCUT2D eigenvalue weighted by Gasteiger charge is -2.10. The van der Waals surface area contributed by atoms with E-state index in [9.17, 15) is 4.79 Å². The number of nitrogens with zero attached hydrogens (tertiary/aromatic N) is 3. The number of hydrogen-bond acceptors (Lipinski definition) is 5. The van der Waals surface area contributed by atoms with E-state index in [1.165, 1.54) is 6.20 Å². The average molecular weight is 283 g/mol. The minimum atomic E-state index is -0.291. The molecular formula is C15H17N5O. The highest BCUT2D eigenvalue weighted by atomic mass is 16.1. The first kappa shape index (κ1) is 13.6. The number of carbonyl (C=O) groups excluding carboxylic acids is 1. The smallest absolute Gasteiger partial charge is 0.277 e. The number of pyridine rings is 1. The summed E-state index contributed by atoms with van der Waals surface area (Å²) in [5, 5.41) is 6.09. The van der Waals surface area contributed by atoms with E-state index in [0.717, 1.165) is 30.6 Å². The molecule has 1 saturated heterocycles. The van der Waals surface area contributed by atoms with Crippen molar-refractivity contribution in [2.45, 2.75) is 25.8 Å². The Balaban J connectivity index is 1.76. The fourth-order valence-electron chi connectivity index (χ4n) is 2.38. The quantitative estimate of drug-likeness (QED) is 0.898. The Morgan fingerprint density at radius 2 is 2.33 bits per heavy atom. The van der Waals surface area contributed by atoms with Crippen LogP contribution in [0.15, 0.2) is 30.7 Å². The molecule has 1 aliphatic rings. The Labute approximate surface area is 123 Å². The van der Waals surface area contributed by atoms with Gasteiger partial charge in [0.05, 0.1) is 24.1 Å². The Morgan fingerprint density at radius 1 is 1.43 bits per heavy atom. The van der Waals surface area contributed by atoms with Crippen LogP contribution in [0.2, 0.25) is 0 Å². The number of aromatic nitrogens is 3. The maximum Gasteiger partial charge on any atom is 0.277 e. The van der Waals surface area contributed by atoms with E-state index in [2.05, 4.69) is 25.6 Å². The van der Waals surface area contributed by atoms with E-state index in [0.29, 0.717) is 11.5 Å². The van der Waals surface area contributed by atoms with Gasteiger partial charge in [-0.05, 0) is 44.0 Å². The Morgan fingerprint density at radius 3 is 3.10 bits per heavy atom. The molecule has 0 saturated carbocycles. The summed E-state index contributed by atoms with van der Waals surface area (Å²) in [6.45, 7) is 2.93. The van der Waals surface area contributed by atoms with Crippen LogP contribution in [-0.2, 0) is 0 Å². The average Bonchev–Trinajstić information content (AvgIpc) is 3.02. The van der Waals surface area contributed by atoms with Gasteiger partial charge in [-0.1, -0.05) is 0 Å². The van der Waals surface area contributed by atoms with Crippen molar-refractivity contribution >= 4 is 11.7 Å². The van der Waals surface area contributed by atoms with Gasteiger partial charge in [0.1, 0.15) is 11.5 Å². The first-order chi connectivity index (χ1) is 10.2. The molecule has 2 aromatic rings. The Kier molecular flexibility index (Phi) is 3.87. The number of aryl methyl sites for hydroxylation is 1. The molecule has 2 N–H and O–H groups in total. The molecule has 1 aliphatic heterocycles. The third kappa shape index (κ3) is 3.22. The Hall–Kier alpha value is -2.34. The molecule has 0 unspecified atom stereocenters. The number of anilines is 1. The normalized spacial score (nSPS) is 17.7. The number of nitrogens with one attached hydrogen (secondary N) is 2. The zero-order valence-electron chi connectivity index (χ0n) is 11.8. The largest absolute Gasteiger partial charge is 0.309 e. The van der Waals surface area contributed by atoms with Gasteiger partial charge in [-0.25, -0.2) is 9.97 Å². The molecule has 0 aliphatic carbocycles. The summed E-state index contributed by atoms with van der Waals surface area (Å²) in [6, 6.07) is 3.89. The van der Waals surface area contributed by atoms with Gasteiger partial charge in [-0.3, -0.25) is 9.78 Å². The highest BCUT2D eigenvalue weighted by molar-refractivity contribution is 6.02. The highest BCUT2D eigenvalue weighted by Gasteiger charge is 2.19. The monoisotopic (exact) mass is 283 g/mol. The highest BCUT2D eigenvalue weighted by Crippen LogP contribution is 2.20. The van der Waals surface area contributed by atoms with Crippen LogP contribution in [-0.4, -0.2) is 27.4 Å². The molecule has 6 heteroatoms. The predicted octanol–water partition coefficient (Wildman–Crippen LogP) is 1.86. The van der Waals surface area contributed by atoms with Crippen LogP contribution in [0.3, 0.4) is 0 Å². The van der Waals surface area contributed by atoms with E-state index < -0.39 is 0 Å². The van der Waals surface area contributed by atoms with Crippen molar-refractivity contribution in [2.75, 3.05) is 11.9 Å². The fraction of sp³-hybridized carbons (Fsp3) is 0.333. The van der Waals surface area contributed by atoms with Gasteiger partial charge in [-0.2, -0.15) is 0 Å².